The molecule has 1 aliphatic heterocycles. The molecule has 0 saturated carbocycles. The molecule has 0 aliphatic carbocycles. The molecular weight excluding hydrogens is 363 g/mol. The fourth-order valence-electron chi connectivity index (χ4n) is 2.95. The highest BCUT2D eigenvalue weighted by molar-refractivity contribution is 6.04. The number of rotatable bonds is 5. The molecule has 0 spiro atoms. The second-order valence-corrected chi connectivity index (χ2v) is 6.55. The van der Waals surface area contributed by atoms with Gasteiger partial charge in [0.2, 0.25) is 0 Å². The van der Waals surface area contributed by atoms with Crippen LogP contribution in [0.15, 0.2) is 54.1 Å². The summed E-state index contributed by atoms with van der Waals surface area (Å²) in [6.07, 6.45) is -0.344. The Morgan fingerprint density at radius 1 is 1.07 bits per heavy atom. The summed E-state index contributed by atoms with van der Waals surface area (Å²) in [5.74, 6) is -0.330. The van der Waals surface area contributed by atoms with E-state index >= 15 is 0 Å². The molecule has 0 fully saturated rings. The molecule has 7 heteroatoms. The molecule has 1 heterocycles. The van der Waals surface area contributed by atoms with Crippen LogP contribution in [0.2, 0.25) is 0 Å². The number of ether oxygens (including phenoxy) is 2. The number of hydrogen-bond acceptors (Lipinski definition) is 4. The van der Waals surface area contributed by atoms with Gasteiger partial charge in [-0.2, -0.15) is 0 Å². The lowest BCUT2D eigenvalue weighted by Gasteiger charge is -2.30. The summed E-state index contributed by atoms with van der Waals surface area (Å²) in [6, 6.07) is 11.3. The van der Waals surface area contributed by atoms with Gasteiger partial charge in [-0.25, -0.2) is 14.0 Å². The minimum atomic E-state index is -0.780. The maximum atomic E-state index is 13.4. The Hall–Kier alpha value is -3.35. The van der Waals surface area contributed by atoms with Gasteiger partial charge in [-0.1, -0.05) is 12.1 Å². The first kappa shape index (κ1) is 19.4. The van der Waals surface area contributed by atoms with E-state index in [0.29, 0.717) is 22.6 Å². The highest BCUT2D eigenvalue weighted by atomic mass is 19.1. The van der Waals surface area contributed by atoms with Crippen LogP contribution in [-0.4, -0.2) is 25.2 Å². The molecule has 2 aromatic carbocycles. The van der Waals surface area contributed by atoms with E-state index in [0.717, 1.165) is 0 Å². The van der Waals surface area contributed by atoms with Crippen LogP contribution in [0.3, 0.4) is 0 Å². The minimum Gasteiger partial charge on any atom is -0.497 e. The van der Waals surface area contributed by atoms with Crippen molar-refractivity contribution >= 4 is 17.7 Å². The third-order valence-corrected chi connectivity index (χ3v) is 4.22. The van der Waals surface area contributed by atoms with Crippen molar-refractivity contribution in [3.05, 3.63) is 71.0 Å². The summed E-state index contributed by atoms with van der Waals surface area (Å²) in [5.41, 5.74) is 1.77. The van der Waals surface area contributed by atoms with Gasteiger partial charge in [0.1, 0.15) is 11.6 Å². The van der Waals surface area contributed by atoms with E-state index in [4.69, 9.17) is 9.47 Å². The van der Waals surface area contributed by atoms with Gasteiger partial charge < -0.3 is 20.1 Å². The van der Waals surface area contributed by atoms with Crippen LogP contribution in [-0.2, 0) is 9.53 Å². The molecule has 2 aromatic rings. The molecular formula is C21H21FN2O4. The molecule has 1 atom stereocenters. The molecule has 0 aromatic heterocycles. The molecule has 0 saturated heterocycles. The number of carbonyl (C=O) groups excluding carboxylic acids is 2. The van der Waals surface area contributed by atoms with Crippen LogP contribution in [0.1, 0.15) is 31.0 Å². The zero-order valence-corrected chi connectivity index (χ0v) is 15.8. The first-order valence-electron chi connectivity index (χ1n) is 8.81. The summed E-state index contributed by atoms with van der Waals surface area (Å²) in [6.45, 7) is 3.49. The Morgan fingerprint density at radius 2 is 1.71 bits per heavy atom. The van der Waals surface area contributed by atoms with E-state index in [1.165, 1.54) is 24.3 Å². The second kappa shape index (κ2) is 8.12. The zero-order valence-electron chi connectivity index (χ0n) is 15.8. The average molecular weight is 384 g/mol. The van der Waals surface area contributed by atoms with Crippen molar-refractivity contribution in [2.45, 2.75) is 26.0 Å². The number of nitrogens with one attached hydrogen (secondary N) is 2. The number of amides is 2. The van der Waals surface area contributed by atoms with Crippen molar-refractivity contribution in [2.24, 2.45) is 0 Å². The van der Waals surface area contributed by atoms with Gasteiger partial charge >= 0.3 is 12.0 Å². The van der Waals surface area contributed by atoms with Gasteiger partial charge in [-0.3, -0.25) is 0 Å². The van der Waals surface area contributed by atoms with Gasteiger partial charge in [0.15, 0.2) is 0 Å². The average Bonchev–Trinajstić information content (AvgIpc) is 2.67. The molecule has 0 radical (unpaired) electrons. The molecule has 28 heavy (non-hydrogen) atoms. The number of halogens is 1. The first-order valence-corrected chi connectivity index (χ1v) is 8.81. The van der Waals surface area contributed by atoms with Crippen molar-refractivity contribution in [1.82, 2.24) is 10.6 Å². The van der Waals surface area contributed by atoms with E-state index in [2.05, 4.69) is 10.6 Å². The van der Waals surface area contributed by atoms with Gasteiger partial charge in [-0.05, 0) is 61.4 Å². The van der Waals surface area contributed by atoms with Crippen LogP contribution in [0.25, 0.3) is 5.70 Å². The number of carbonyl (C=O) groups is 2. The van der Waals surface area contributed by atoms with Gasteiger partial charge in [0, 0.05) is 0 Å². The molecule has 146 valence electrons. The standard InChI is InChI=1S/C21H21FN2O4/c1-12(2)28-20(25)17-18(13-4-8-15(22)9-5-13)23-21(26)24-19(17)14-6-10-16(27-3)11-7-14/h4-12,18H,1-3H3,(H2,23,24,26). The third kappa shape index (κ3) is 4.14. The SMILES string of the molecule is COc1ccc(C2=C(C(=O)OC(C)C)C(c3ccc(F)cc3)NC(=O)N2)cc1. The van der Waals surface area contributed by atoms with Crippen LogP contribution in [0, 0.1) is 5.82 Å². The van der Waals surface area contributed by atoms with Gasteiger partial charge in [0.05, 0.1) is 30.5 Å². The van der Waals surface area contributed by atoms with Crippen molar-refractivity contribution < 1.29 is 23.5 Å². The van der Waals surface area contributed by atoms with Gasteiger partial charge in [0.25, 0.3) is 0 Å². The molecule has 1 aliphatic rings. The Balaban J connectivity index is 2.15. The topological polar surface area (TPSA) is 76.7 Å². The largest absolute Gasteiger partial charge is 0.497 e. The normalized spacial score (nSPS) is 16.5. The maximum absolute atomic E-state index is 13.4. The Morgan fingerprint density at radius 3 is 2.29 bits per heavy atom. The Bertz CT molecular complexity index is 905. The fourth-order valence-corrected chi connectivity index (χ4v) is 2.95. The highest BCUT2D eigenvalue weighted by Gasteiger charge is 2.34. The van der Waals surface area contributed by atoms with E-state index in [1.807, 2.05) is 0 Å². The first-order chi connectivity index (χ1) is 13.4. The molecule has 6 nitrogen and oxygen atoms in total. The summed E-state index contributed by atoms with van der Waals surface area (Å²) >= 11 is 0. The number of methoxy groups -OCH3 is 1. The third-order valence-electron chi connectivity index (χ3n) is 4.22. The quantitative estimate of drug-likeness (QED) is 0.773. The monoisotopic (exact) mass is 384 g/mol. The lowest BCUT2D eigenvalue weighted by molar-refractivity contribution is -0.143. The lowest BCUT2D eigenvalue weighted by Crippen LogP contribution is -2.45. The lowest BCUT2D eigenvalue weighted by atomic mass is 9.92. The number of urea groups is 1. The second-order valence-electron chi connectivity index (χ2n) is 6.55. The van der Waals surface area contributed by atoms with Crippen LogP contribution in [0.4, 0.5) is 9.18 Å². The summed E-state index contributed by atoms with van der Waals surface area (Å²) in [5, 5.41) is 5.42. The number of esters is 1. The molecule has 2 N–H and O–H groups in total. The number of benzene rings is 2. The van der Waals surface area contributed by atoms with Crippen molar-refractivity contribution in [3.63, 3.8) is 0 Å². The Kier molecular flexibility index (Phi) is 5.63. The highest BCUT2D eigenvalue weighted by Crippen LogP contribution is 2.32. The smallest absolute Gasteiger partial charge is 0.338 e. The number of hydrogen-bond donors (Lipinski definition) is 2. The molecule has 2 amide bonds. The predicted molar refractivity (Wildman–Crippen MR) is 102 cm³/mol. The van der Waals surface area contributed by atoms with Crippen LogP contribution < -0.4 is 15.4 Å². The summed E-state index contributed by atoms with van der Waals surface area (Å²) < 4.78 is 23.9. The van der Waals surface area contributed by atoms with E-state index in [9.17, 15) is 14.0 Å². The van der Waals surface area contributed by atoms with Crippen molar-refractivity contribution in [2.75, 3.05) is 7.11 Å². The predicted octanol–water partition coefficient (Wildman–Crippen LogP) is 3.55. The fraction of sp³-hybridized carbons (Fsp3) is 0.238. The molecule has 1 unspecified atom stereocenters. The van der Waals surface area contributed by atoms with E-state index < -0.39 is 23.9 Å². The van der Waals surface area contributed by atoms with Crippen LogP contribution >= 0.6 is 0 Å². The van der Waals surface area contributed by atoms with Crippen molar-refractivity contribution in [3.8, 4) is 5.75 Å². The van der Waals surface area contributed by atoms with Crippen molar-refractivity contribution in [1.29, 1.82) is 0 Å². The van der Waals surface area contributed by atoms with Crippen LogP contribution in [0.5, 0.6) is 5.75 Å². The van der Waals surface area contributed by atoms with Gasteiger partial charge in [-0.15, -0.1) is 0 Å². The van der Waals surface area contributed by atoms with E-state index in [1.54, 1.807) is 45.2 Å². The summed E-state index contributed by atoms with van der Waals surface area (Å²) in [7, 11) is 1.55. The minimum absolute atomic E-state index is 0.241. The summed E-state index contributed by atoms with van der Waals surface area (Å²) in [4.78, 5) is 25.2. The molecule has 3 rings (SSSR count). The molecule has 0 bridgehead atoms. The zero-order chi connectivity index (χ0) is 20.3. The van der Waals surface area contributed by atoms with E-state index in [-0.39, 0.29) is 11.7 Å². The maximum Gasteiger partial charge on any atom is 0.338 e. The Labute approximate surface area is 162 Å².